The molecule has 0 N–H and O–H groups in total. The van der Waals surface area contributed by atoms with E-state index in [0.717, 1.165) is 12.1 Å². The second-order valence-corrected chi connectivity index (χ2v) is 4.29. The van der Waals surface area contributed by atoms with Crippen LogP contribution in [-0.4, -0.2) is 25.2 Å². The first-order valence-electron chi connectivity index (χ1n) is 6.25. The number of pyridine rings is 1. The average Bonchev–Trinajstić information content (AvgIpc) is 2.95. The van der Waals surface area contributed by atoms with Crippen LogP contribution in [0.3, 0.4) is 0 Å². The third-order valence-corrected chi connectivity index (χ3v) is 2.83. The van der Waals surface area contributed by atoms with Gasteiger partial charge < -0.3 is 0 Å². The van der Waals surface area contributed by atoms with Gasteiger partial charge in [0.1, 0.15) is 5.82 Å². The summed E-state index contributed by atoms with van der Waals surface area (Å²) in [4.78, 5) is 5.73. The first-order valence-corrected chi connectivity index (χ1v) is 6.25. The van der Waals surface area contributed by atoms with Crippen molar-refractivity contribution in [3.63, 3.8) is 0 Å². The van der Waals surface area contributed by atoms with Gasteiger partial charge in [0.15, 0.2) is 0 Å². The molecule has 3 rings (SSSR count). The van der Waals surface area contributed by atoms with E-state index in [-0.39, 0.29) is 5.82 Å². The molecule has 0 radical (unpaired) electrons. The van der Waals surface area contributed by atoms with Crippen molar-refractivity contribution < 1.29 is 4.39 Å². The highest BCUT2D eigenvalue weighted by molar-refractivity contribution is 5.53. The second-order valence-electron chi connectivity index (χ2n) is 4.29. The Kier molecular flexibility index (Phi) is 3.45. The first kappa shape index (κ1) is 12.4. The minimum atomic E-state index is -0.313. The molecule has 1 aromatic carbocycles. The van der Waals surface area contributed by atoms with Gasteiger partial charge in [0, 0.05) is 23.9 Å². The maximum absolute atomic E-state index is 13.1. The van der Waals surface area contributed by atoms with Crippen molar-refractivity contribution in [2.45, 2.75) is 13.0 Å². The molecule has 0 spiro atoms. The SMILES string of the molecule is Fc1cccc(-c2nnn(CCc3ccccn3)n2)c1. The van der Waals surface area contributed by atoms with Crippen molar-refractivity contribution in [1.82, 2.24) is 25.2 Å². The maximum atomic E-state index is 13.1. The Morgan fingerprint density at radius 3 is 2.85 bits per heavy atom. The van der Waals surface area contributed by atoms with Crippen LogP contribution in [0.2, 0.25) is 0 Å². The lowest BCUT2D eigenvalue weighted by Gasteiger charge is -1.98. The van der Waals surface area contributed by atoms with Gasteiger partial charge in [-0.15, -0.1) is 10.2 Å². The quantitative estimate of drug-likeness (QED) is 0.728. The molecule has 0 aliphatic heterocycles. The zero-order chi connectivity index (χ0) is 13.8. The van der Waals surface area contributed by atoms with E-state index < -0.39 is 0 Å². The molecule has 100 valence electrons. The maximum Gasteiger partial charge on any atom is 0.205 e. The van der Waals surface area contributed by atoms with Gasteiger partial charge in [0.05, 0.1) is 6.54 Å². The molecule has 0 saturated heterocycles. The summed E-state index contributed by atoms with van der Waals surface area (Å²) in [5.41, 5.74) is 1.59. The topological polar surface area (TPSA) is 56.5 Å². The van der Waals surface area contributed by atoms with Gasteiger partial charge in [0.25, 0.3) is 0 Å². The molecule has 0 aliphatic rings. The minimum absolute atomic E-state index is 0.313. The van der Waals surface area contributed by atoms with Gasteiger partial charge in [-0.05, 0) is 29.5 Å². The summed E-state index contributed by atoms with van der Waals surface area (Å²) < 4.78 is 13.1. The van der Waals surface area contributed by atoms with E-state index >= 15 is 0 Å². The Labute approximate surface area is 115 Å². The molecule has 0 saturated carbocycles. The van der Waals surface area contributed by atoms with Crippen molar-refractivity contribution in [1.29, 1.82) is 0 Å². The first-order chi connectivity index (χ1) is 9.81. The van der Waals surface area contributed by atoms with Crippen LogP contribution in [-0.2, 0) is 13.0 Å². The zero-order valence-corrected chi connectivity index (χ0v) is 10.6. The summed E-state index contributed by atoms with van der Waals surface area (Å²) in [5, 5.41) is 12.1. The summed E-state index contributed by atoms with van der Waals surface area (Å²) >= 11 is 0. The largest absolute Gasteiger partial charge is 0.261 e. The monoisotopic (exact) mass is 269 g/mol. The number of benzene rings is 1. The van der Waals surface area contributed by atoms with E-state index in [0.29, 0.717) is 17.9 Å². The van der Waals surface area contributed by atoms with E-state index in [2.05, 4.69) is 20.4 Å². The van der Waals surface area contributed by atoms with Gasteiger partial charge in [-0.25, -0.2) is 4.39 Å². The van der Waals surface area contributed by atoms with E-state index in [9.17, 15) is 4.39 Å². The van der Waals surface area contributed by atoms with Gasteiger partial charge in [0.2, 0.25) is 5.82 Å². The number of hydrogen-bond acceptors (Lipinski definition) is 4. The summed E-state index contributed by atoms with van der Waals surface area (Å²) in [7, 11) is 0. The normalized spacial score (nSPS) is 10.7. The average molecular weight is 269 g/mol. The summed E-state index contributed by atoms with van der Waals surface area (Å²) in [6.45, 7) is 0.583. The van der Waals surface area contributed by atoms with Gasteiger partial charge in [-0.3, -0.25) is 4.98 Å². The number of tetrazole rings is 1. The van der Waals surface area contributed by atoms with Crippen LogP contribution in [0.25, 0.3) is 11.4 Å². The van der Waals surface area contributed by atoms with Crippen molar-refractivity contribution in [2.24, 2.45) is 0 Å². The minimum Gasteiger partial charge on any atom is -0.261 e. The Hall–Kier alpha value is -2.63. The molecule has 5 nitrogen and oxygen atoms in total. The number of aryl methyl sites for hydroxylation is 2. The van der Waals surface area contributed by atoms with Crippen LogP contribution in [0.5, 0.6) is 0 Å². The molecular weight excluding hydrogens is 257 g/mol. The highest BCUT2D eigenvalue weighted by atomic mass is 19.1. The fraction of sp³-hybridized carbons (Fsp3) is 0.143. The van der Waals surface area contributed by atoms with Crippen molar-refractivity contribution in [3.05, 3.63) is 60.2 Å². The molecule has 2 heterocycles. The number of rotatable bonds is 4. The van der Waals surface area contributed by atoms with E-state index in [1.807, 2.05) is 18.2 Å². The summed E-state index contributed by atoms with van der Waals surface area (Å²) in [5.74, 6) is 0.109. The summed E-state index contributed by atoms with van der Waals surface area (Å²) in [6, 6.07) is 11.9. The van der Waals surface area contributed by atoms with E-state index in [1.54, 1.807) is 18.3 Å². The van der Waals surface area contributed by atoms with Crippen LogP contribution < -0.4 is 0 Å². The molecule has 6 heteroatoms. The molecule has 0 fully saturated rings. The van der Waals surface area contributed by atoms with Crippen LogP contribution in [0.4, 0.5) is 4.39 Å². The third kappa shape index (κ3) is 2.85. The fourth-order valence-electron chi connectivity index (χ4n) is 1.84. The standard InChI is InChI=1S/C14H12FN5/c15-12-5-3-4-11(10-12)14-17-19-20(18-14)9-7-13-6-1-2-8-16-13/h1-6,8,10H,7,9H2. The number of hydrogen-bond donors (Lipinski definition) is 0. The molecule has 3 aromatic rings. The lowest BCUT2D eigenvalue weighted by Crippen LogP contribution is -2.06. The highest BCUT2D eigenvalue weighted by Crippen LogP contribution is 2.14. The molecule has 0 aliphatic carbocycles. The molecule has 0 atom stereocenters. The van der Waals surface area contributed by atoms with Crippen LogP contribution in [0, 0.1) is 5.82 Å². The lowest BCUT2D eigenvalue weighted by molar-refractivity contribution is 0.519. The predicted octanol–water partition coefficient (Wildman–Crippen LogP) is 2.12. The van der Waals surface area contributed by atoms with E-state index in [4.69, 9.17) is 0 Å². The lowest BCUT2D eigenvalue weighted by atomic mass is 10.2. The number of nitrogens with zero attached hydrogens (tertiary/aromatic N) is 5. The molecule has 0 amide bonds. The molecule has 2 aromatic heterocycles. The third-order valence-electron chi connectivity index (χ3n) is 2.83. The Morgan fingerprint density at radius 1 is 1.10 bits per heavy atom. The van der Waals surface area contributed by atoms with Crippen LogP contribution >= 0.6 is 0 Å². The Morgan fingerprint density at radius 2 is 2.05 bits per heavy atom. The molecule has 0 unspecified atom stereocenters. The molecule has 20 heavy (non-hydrogen) atoms. The van der Waals surface area contributed by atoms with E-state index in [1.165, 1.54) is 16.9 Å². The van der Waals surface area contributed by atoms with Gasteiger partial charge in [-0.1, -0.05) is 18.2 Å². The fourth-order valence-corrected chi connectivity index (χ4v) is 1.84. The smallest absolute Gasteiger partial charge is 0.205 e. The van der Waals surface area contributed by atoms with Crippen molar-refractivity contribution in [3.8, 4) is 11.4 Å². The van der Waals surface area contributed by atoms with Crippen LogP contribution in [0.15, 0.2) is 48.7 Å². The van der Waals surface area contributed by atoms with Crippen molar-refractivity contribution in [2.75, 3.05) is 0 Å². The summed E-state index contributed by atoms with van der Waals surface area (Å²) in [6.07, 6.45) is 2.47. The van der Waals surface area contributed by atoms with Crippen molar-refractivity contribution >= 4 is 0 Å². The Balaban J connectivity index is 1.71. The highest BCUT2D eigenvalue weighted by Gasteiger charge is 2.06. The number of aromatic nitrogens is 5. The van der Waals surface area contributed by atoms with Gasteiger partial charge >= 0.3 is 0 Å². The molecule has 0 bridgehead atoms. The zero-order valence-electron chi connectivity index (χ0n) is 10.6. The molecular formula is C14H12FN5. The van der Waals surface area contributed by atoms with Crippen LogP contribution in [0.1, 0.15) is 5.69 Å². The number of halogens is 1. The second kappa shape index (κ2) is 5.56. The predicted molar refractivity (Wildman–Crippen MR) is 71.2 cm³/mol. The van der Waals surface area contributed by atoms with Gasteiger partial charge in [-0.2, -0.15) is 4.80 Å². The Bertz CT molecular complexity index is 696.